The first-order valence-electron chi connectivity index (χ1n) is 10.2. The predicted molar refractivity (Wildman–Crippen MR) is 121 cm³/mol. The van der Waals surface area contributed by atoms with Crippen molar-refractivity contribution in [2.75, 3.05) is 0 Å². The fourth-order valence-electron chi connectivity index (χ4n) is 3.86. The summed E-state index contributed by atoms with van der Waals surface area (Å²) in [6.45, 7) is 3.13. The lowest BCUT2D eigenvalue weighted by Gasteiger charge is -2.09. The molecule has 0 saturated heterocycles. The van der Waals surface area contributed by atoms with Crippen LogP contribution in [0.4, 0.5) is 4.39 Å². The van der Waals surface area contributed by atoms with Gasteiger partial charge in [0.15, 0.2) is 12.4 Å². The topological polar surface area (TPSA) is 105 Å². The van der Waals surface area contributed by atoms with Crippen molar-refractivity contribution in [3.05, 3.63) is 80.3 Å². The molecule has 3 heterocycles. The van der Waals surface area contributed by atoms with Gasteiger partial charge in [-0.3, -0.25) is 13.8 Å². The number of fused-ring (bicyclic) bond motifs is 3. The van der Waals surface area contributed by atoms with Crippen molar-refractivity contribution in [3.63, 3.8) is 0 Å². The van der Waals surface area contributed by atoms with Crippen LogP contribution in [-0.4, -0.2) is 30.3 Å². The van der Waals surface area contributed by atoms with Crippen molar-refractivity contribution in [2.45, 2.75) is 20.5 Å². The third kappa shape index (κ3) is 3.34. The van der Waals surface area contributed by atoms with E-state index in [-0.39, 0.29) is 39.8 Å². The van der Waals surface area contributed by atoms with Crippen LogP contribution in [-0.2, 0) is 18.4 Å². The van der Waals surface area contributed by atoms with Crippen molar-refractivity contribution in [3.8, 4) is 11.3 Å². The quantitative estimate of drug-likeness (QED) is 0.357. The molecule has 0 radical (unpaired) electrons. The van der Waals surface area contributed by atoms with E-state index in [9.17, 15) is 14.0 Å². The van der Waals surface area contributed by atoms with Crippen molar-refractivity contribution in [2.24, 2.45) is 7.05 Å². The summed E-state index contributed by atoms with van der Waals surface area (Å²) in [5, 5.41) is 12.6. The number of ether oxygens (including phenoxy) is 1. The van der Waals surface area contributed by atoms with Crippen molar-refractivity contribution in [1.29, 1.82) is 0 Å². The molecule has 5 rings (SSSR count). The van der Waals surface area contributed by atoms with Gasteiger partial charge in [0.2, 0.25) is 5.78 Å². The molecule has 0 fully saturated rings. The highest BCUT2D eigenvalue weighted by Crippen LogP contribution is 2.33. The Labute approximate surface area is 196 Å². The molecular formula is C23H17ClFN5O4. The molecule has 0 unspecified atom stereocenters. The molecule has 5 aromatic rings. The standard InChI is InChI=1S/C23H17ClFN5O4/c1-11-7-8-16-13(9-11)21(31)29(3)23-27-26-17(30(16)23)10-33-22(32)18-12(2)34-28-20(18)19-14(24)5-4-6-15(19)25/h4-9H,10H2,1-3H3. The Morgan fingerprint density at radius 1 is 1.21 bits per heavy atom. The van der Waals surface area contributed by atoms with E-state index in [0.29, 0.717) is 22.5 Å². The first-order valence-corrected chi connectivity index (χ1v) is 10.6. The highest BCUT2D eigenvalue weighted by molar-refractivity contribution is 6.33. The molecule has 0 spiro atoms. The smallest absolute Gasteiger partial charge is 0.344 e. The zero-order valence-corrected chi connectivity index (χ0v) is 19.1. The molecule has 172 valence electrons. The number of hydrogen-bond donors (Lipinski definition) is 0. The Morgan fingerprint density at radius 2 is 2.00 bits per heavy atom. The summed E-state index contributed by atoms with van der Waals surface area (Å²) in [5.74, 6) is -0.704. The minimum atomic E-state index is -0.796. The van der Waals surface area contributed by atoms with Gasteiger partial charge in [-0.05, 0) is 38.1 Å². The van der Waals surface area contributed by atoms with Crippen LogP contribution in [0.1, 0.15) is 27.5 Å². The molecule has 0 aliphatic rings. The summed E-state index contributed by atoms with van der Waals surface area (Å²) in [5.41, 5.74) is 1.13. The zero-order valence-electron chi connectivity index (χ0n) is 18.3. The second-order valence-electron chi connectivity index (χ2n) is 7.77. The summed E-state index contributed by atoms with van der Waals surface area (Å²) in [6, 6.07) is 9.57. The average molecular weight is 482 g/mol. The van der Waals surface area contributed by atoms with Crippen LogP contribution in [0.15, 0.2) is 45.7 Å². The van der Waals surface area contributed by atoms with Crippen LogP contribution in [0, 0.1) is 19.7 Å². The maximum atomic E-state index is 14.5. The Morgan fingerprint density at radius 3 is 2.76 bits per heavy atom. The Balaban J connectivity index is 1.54. The van der Waals surface area contributed by atoms with Crippen LogP contribution >= 0.6 is 11.6 Å². The molecule has 2 aromatic carbocycles. The van der Waals surface area contributed by atoms with Crippen LogP contribution in [0.3, 0.4) is 0 Å². The lowest BCUT2D eigenvalue weighted by Crippen LogP contribution is -2.20. The third-order valence-corrected chi connectivity index (χ3v) is 5.85. The molecule has 34 heavy (non-hydrogen) atoms. The number of benzene rings is 2. The largest absolute Gasteiger partial charge is 0.454 e. The highest BCUT2D eigenvalue weighted by Gasteiger charge is 2.27. The summed E-state index contributed by atoms with van der Waals surface area (Å²) < 4.78 is 28.1. The van der Waals surface area contributed by atoms with Gasteiger partial charge in [-0.1, -0.05) is 34.5 Å². The number of nitrogens with zero attached hydrogens (tertiary/aromatic N) is 5. The van der Waals surface area contributed by atoms with Crippen LogP contribution < -0.4 is 5.56 Å². The second-order valence-corrected chi connectivity index (χ2v) is 8.18. The molecule has 0 bridgehead atoms. The van der Waals surface area contributed by atoms with Gasteiger partial charge in [0, 0.05) is 7.05 Å². The molecule has 3 aromatic heterocycles. The summed E-state index contributed by atoms with van der Waals surface area (Å²) in [7, 11) is 1.59. The summed E-state index contributed by atoms with van der Waals surface area (Å²) in [4.78, 5) is 25.7. The van der Waals surface area contributed by atoms with Gasteiger partial charge in [-0.25, -0.2) is 9.18 Å². The molecular weight excluding hydrogens is 465 g/mol. The lowest BCUT2D eigenvalue weighted by molar-refractivity contribution is 0.0460. The molecule has 0 N–H and O–H groups in total. The van der Waals surface area contributed by atoms with Crippen LogP contribution in [0.25, 0.3) is 27.9 Å². The van der Waals surface area contributed by atoms with E-state index < -0.39 is 11.8 Å². The number of carbonyl (C=O) groups is 1. The first-order chi connectivity index (χ1) is 16.3. The van der Waals surface area contributed by atoms with E-state index in [4.69, 9.17) is 20.9 Å². The van der Waals surface area contributed by atoms with Gasteiger partial charge in [-0.2, -0.15) is 0 Å². The van der Waals surface area contributed by atoms with E-state index in [2.05, 4.69) is 15.4 Å². The molecule has 0 saturated carbocycles. The predicted octanol–water partition coefficient (Wildman–Crippen LogP) is 4.00. The number of esters is 1. The summed E-state index contributed by atoms with van der Waals surface area (Å²) >= 11 is 6.14. The number of rotatable bonds is 4. The van der Waals surface area contributed by atoms with E-state index in [1.807, 2.05) is 13.0 Å². The number of halogens is 2. The van der Waals surface area contributed by atoms with Crippen LogP contribution in [0.2, 0.25) is 5.02 Å². The van der Waals surface area contributed by atoms with Gasteiger partial charge in [0.25, 0.3) is 5.56 Å². The fraction of sp³-hybridized carbons (Fsp3) is 0.174. The SMILES string of the molecule is Cc1ccc2c(c1)c(=O)n(C)c1nnc(COC(=O)c3c(-c4c(F)cccc4Cl)noc3C)n21. The fourth-order valence-corrected chi connectivity index (χ4v) is 4.11. The monoisotopic (exact) mass is 481 g/mol. The maximum absolute atomic E-state index is 14.5. The van der Waals surface area contributed by atoms with Gasteiger partial charge in [0.1, 0.15) is 22.8 Å². The maximum Gasteiger partial charge on any atom is 0.344 e. The van der Waals surface area contributed by atoms with Gasteiger partial charge >= 0.3 is 5.97 Å². The van der Waals surface area contributed by atoms with Gasteiger partial charge in [-0.15, -0.1) is 10.2 Å². The normalized spacial score (nSPS) is 11.4. The number of aromatic nitrogens is 5. The van der Waals surface area contributed by atoms with Gasteiger partial charge in [0.05, 0.1) is 21.5 Å². The Kier molecular flexibility index (Phi) is 5.17. The van der Waals surface area contributed by atoms with Crippen molar-refractivity contribution in [1.82, 2.24) is 24.3 Å². The lowest BCUT2D eigenvalue weighted by atomic mass is 10.1. The highest BCUT2D eigenvalue weighted by atomic mass is 35.5. The number of aryl methyl sites for hydroxylation is 3. The van der Waals surface area contributed by atoms with Gasteiger partial charge < -0.3 is 9.26 Å². The molecule has 11 heteroatoms. The first kappa shape index (κ1) is 21.8. The molecule has 0 amide bonds. The van der Waals surface area contributed by atoms with Crippen molar-refractivity contribution >= 4 is 34.3 Å². The van der Waals surface area contributed by atoms with E-state index in [1.54, 1.807) is 23.6 Å². The van der Waals surface area contributed by atoms with E-state index in [1.165, 1.54) is 29.7 Å². The van der Waals surface area contributed by atoms with Crippen molar-refractivity contribution < 1.29 is 18.4 Å². The Bertz CT molecular complexity index is 1650. The molecule has 0 aliphatic carbocycles. The Hall–Kier alpha value is -4.05. The number of hydrogen-bond acceptors (Lipinski definition) is 7. The third-order valence-electron chi connectivity index (χ3n) is 5.54. The molecule has 0 aliphatic heterocycles. The second kappa shape index (κ2) is 8.07. The summed E-state index contributed by atoms with van der Waals surface area (Å²) in [6.07, 6.45) is 0. The minimum Gasteiger partial charge on any atom is -0.454 e. The van der Waals surface area contributed by atoms with E-state index >= 15 is 0 Å². The average Bonchev–Trinajstić information content (AvgIpc) is 3.40. The van der Waals surface area contributed by atoms with E-state index in [0.717, 1.165) is 5.56 Å². The minimum absolute atomic E-state index is 0.0475. The molecule has 0 atom stereocenters. The molecule has 9 nitrogen and oxygen atoms in total. The van der Waals surface area contributed by atoms with Crippen LogP contribution in [0.5, 0.6) is 0 Å². The zero-order chi connectivity index (χ0) is 24.1. The number of carbonyl (C=O) groups excluding carboxylic acids is 1.